The molecule has 29 heavy (non-hydrogen) atoms. The van der Waals surface area contributed by atoms with Crippen LogP contribution in [0.5, 0.6) is 0 Å². The van der Waals surface area contributed by atoms with E-state index in [9.17, 15) is 14.4 Å². The monoisotopic (exact) mass is 385 g/mol. The molecule has 1 aliphatic heterocycles. The summed E-state index contributed by atoms with van der Waals surface area (Å²) in [6.07, 6.45) is 1.52. The fourth-order valence-electron chi connectivity index (χ4n) is 3.33. The fourth-order valence-corrected chi connectivity index (χ4v) is 3.33. The number of anilines is 1. The molecule has 2 aromatic carbocycles. The molecular weight excluding hydrogens is 366 g/mol. The highest BCUT2D eigenvalue weighted by Gasteiger charge is 2.37. The van der Waals surface area contributed by atoms with Gasteiger partial charge in [0.25, 0.3) is 11.8 Å². The van der Waals surface area contributed by atoms with Gasteiger partial charge >= 0.3 is 6.03 Å². The summed E-state index contributed by atoms with van der Waals surface area (Å²) < 4.78 is 1.94. The van der Waals surface area contributed by atoms with E-state index in [1.54, 1.807) is 24.3 Å². The van der Waals surface area contributed by atoms with Crippen LogP contribution in [0.3, 0.4) is 0 Å². The molecule has 0 spiro atoms. The number of nitrogens with one attached hydrogen (secondary N) is 1. The van der Waals surface area contributed by atoms with Gasteiger partial charge in [-0.3, -0.25) is 14.9 Å². The Hall–Kier alpha value is -3.93. The number of para-hydroxylation sites is 1. The molecule has 0 bridgehead atoms. The average Bonchev–Trinajstić information content (AvgIpc) is 3.07. The number of carbonyl (C=O) groups excluding carboxylic acids is 3. The number of rotatable bonds is 3. The summed E-state index contributed by atoms with van der Waals surface area (Å²) in [5.41, 5.74) is 3.86. The zero-order valence-corrected chi connectivity index (χ0v) is 16.0. The molecule has 1 fully saturated rings. The Kier molecular flexibility index (Phi) is 4.60. The molecule has 1 aromatic heterocycles. The quantitative estimate of drug-likeness (QED) is 0.551. The number of imide groups is 2. The second-order valence-electron chi connectivity index (χ2n) is 6.86. The number of carbonyl (C=O) groups is 3. The van der Waals surface area contributed by atoms with Crippen LogP contribution in [-0.4, -0.2) is 22.4 Å². The van der Waals surface area contributed by atoms with Gasteiger partial charge in [0.2, 0.25) is 0 Å². The average molecular weight is 385 g/mol. The minimum Gasteiger partial charge on any atom is -0.314 e. The van der Waals surface area contributed by atoms with Gasteiger partial charge in [-0.1, -0.05) is 35.9 Å². The van der Waals surface area contributed by atoms with Crippen LogP contribution in [0.15, 0.2) is 72.3 Å². The van der Waals surface area contributed by atoms with Crippen LogP contribution < -0.4 is 10.2 Å². The van der Waals surface area contributed by atoms with Crippen LogP contribution in [0.2, 0.25) is 0 Å². The maximum Gasteiger partial charge on any atom is 0.335 e. The Balaban J connectivity index is 1.78. The first kappa shape index (κ1) is 18.4. The molecule has 0 atom stereocenters. The Labute approximate surface area is 168 Å². The predicted octanol–water partition coefficient (Wildman–Crippen LogP) is 3.76. The summed E-state index contributed by atoms with van der Waals surface area (Å²) >= 11 is 0. The molecule has 0 unspecified atom stereocenters. The number of urea groups is 1. The van der Waals surface area contributed by atoms with Crippen LogP contribution in [-0.2, 0) is 9.59 Å². The highest BCUT2D eigenvalue weighted by molar-refractivity contribution is 6.39. The maximum absolute atomic E-state index is 13.1. The first-order valence-corrected chi connectivity index (χ1v) is 9.17. The minimum atomic E-state index is -0.754. The van der Waals surface area contributed by atoms with Gasteiger partial charge in [-0.25, -0.2) is 9.69 Å². The van der Waals surface area contributed by atoms with Gasteiger partial charge in [-0.2, -0.15) is 0 Å². The molecular formula is C23H19N3O3. The first-order valence-electron chi connectivity index (χ1n) is 9.17. The summed E-state index contributed by atoms with van der Waals surface area (Å²) in [7, 11) is 0. The van der Waals surface area contributed by atoms with Gasteiger partial charge in [0.15, 0.2) is 0 Å². The van der Waals surface area contributed by atoms with Crippen molar-refractivity contribution >= 4 is 29.6 Å². The van der Waals surface area contributed by atoms with Crippen LogP contribution in [0.1, 0.15) is 17.0 Å². The topological polar surface area (TPSA) is 71.4 Å². The molecule has 6 nitrogen and oxygen atoms in total. The van der Waals surface area contributed by atoms with Crippen molar-refractivity contribution < 1.29 is 14.4 Å². The van der Waals surface area contributed by atoms with Crippen molar-refractivity contribution in [2.45, 2.75) is 13.8 Å². The number of aromatic nitrogens is 1. The lowest BCUT2D eigenvalue weighted by Gasteiger charge is -2.26. The second-order valence-corrected chi connectivity index (χ2v) is 6.86. The van der Waals surface area contributed by atoms with E-state index in [-0.39, 0.29) is 5.57 Å². The van der Waals surface area contributed by atoms with E-state index in [0.717, 1.165) is 21.8 Å². The molecule has 144 valence electrons. The van der Waals surface area contributed by atoms with Crippen LogP contribution in [0.25, 0.3) is 11.8 Å². The zero-order valence-electron chi connectivity index (χ0n) is 16.0. The van der Waals surface area contributed by atoms with E-state index in [0.29, 0.717) is 11.4 Å². The van der Waals surface area contributed by atoms with Crippen molar-refractivity contribution in [1.29, 1.82) is 0 Å². The summed E-state index contributed by atoms with van der Waals surface area (Å²) in [4.78, 5) is 38.8. The van der Waals surface area contributed by atoms with Gasteiger partial charge in [0, 0.05) is 17.1 Å². The van der Waals surface area contributed by atoms with Gasteiger partial charge in [0.1, 0.15) is 5.57 Å². The lowest BCUT2D eigenvalue weighted by atomic mass is 10.1. The van der Waals surface area contributed by atoms with Gasteiger partial charge in [0.05, 0.1) is 5.69 Å². The number of aryl methyl sites for hydroxylation is 2. The number of amides is 4. The summed E-state index contributed by atoms with van der Waals surface area (Å²) in [5.74, 6) is -1.36. The van der Waals surface area contributed by atoms with Crippen molar-refractivity contribution in [1.82, 2.24) is 9.88 Å². The van der Waals surface area contributed by atoms with Gasteiger partial charge < -0.3 is 4.57 Å². The Bertz CT molecular complexity index is 1140. The van der Waals surface area contributed by atoms with Gasteiger partial charge in [-0.15, -0.1) is 0 Å². The van der Waals surface area contributed by atoms with E-state index < -0.39 is 17.8 Å². The fraction of sp³-hybridized carbons (Fsp3) is 0.0870. The van der Waals surface area contributed by atoms with E-state index in [1.807, 2.05) is 60.9 Å². The summed E-state index contributed by atoms with van der Waals surface area (Å²) in [6, 6.07) is 19.6. The largest absolute Gasteiger partial charge is 0.335 e. The molecule has 3 aromatic rings. The van der Waals surface area contributed by atoms with Crippen LogP contribution in [0, 0.1) is 13.8 Å². The number of barbiturate groups is 1. The third-order valence-corrected chi connectivity index (χ3v) is 4.81. The number of benzene rings is 2. The molecule has 6 heteroatoms. The predicted molar refractivity (Wildman–Crippen MR) is 111 cm³/mol. The highest BCUT2D eigenvalue weighted by atomic mass is 16.2. The zero-order chi connectivity index (χ0) is 20.5. The minimum absolute atomic E-state index is 0.0968. The molecule has 0 aliphatic carbocycles. The normalized spacial score (nSPS) is 15.7. The smallest absolute Gasteiger partial charge is 0.314 e. The highest BCUT2D eigenvalue weighted by Crippen LogP contribution is 2.24. The maximum atomic E-state index is 13.1. The summed E-state index contributed by atoms with van der Waals surface area (Å²) in [5, 5.41) is 2.26. The lowest BCUT2D eigenvalue weighted by molar-refractivity contribution is -0.122. The van der Waals surface area contributed by atoms with Crippen molar-refractivity contribution in [3.63, 3.8) is 0 Å². The van der Waals surface area contributed by atoms with Crippen molar-refractivity contribution in [2.75, 3.05) is 4.90 Å². The van der Waals surface area contributed by atoms with E-state index >= 15 is 0 Å². The summed E-state index contributed by atoms with van der Waals surface area (Å²) in [6.45, 7) is 3.86. The molecule has 2 heterocycles. The number of hydrogen-bond acceptors (Lipinski definition) is 3. The second kappa shape index (κ2) is 7.24. The van der Waals surface area contributed by atoms with Crippen LogP contribution >= 0.6 is 0 Å². The number of hydrogen-bond donors (Lipinski definition) is 1. The lowest BCUT2D eigenvalue weighted by Crippen LogP contribution is -2.54. The molecule has 1 saturated heterocycles. The molecule has 1 aliphatic rings. The van der Waals surface area contributed by atoms with Crippen molar-refractivity contribution in [3.05, 3.63) is 89.3 Å². The van der Waals surface area contributed by atoms with E-state index in [2.05, 4.69) is 5.32 Å². The van der Waals surface area contributed by atoms with Gasteiger partial charge in [-0.05, 0) is 56.3 Å². The molecule has 4 amide bonds. The first-order chi connectivity index (χ1) is 14.0. The Morgan fingerprint density at radius 3 is 2.17 bits per heavy atom. The molecule has 0 saturated carbocycles. The SMILES string of the molecule is Cc1ccc(N2C(=O)NC(=O)/C(=C\c3ccc(C)n3-c3ccccc3)C2=O)cc1. The van der Waals surface area contributed by atoms with Crippen LogP contribution in [0.4, 0.5) is 10.5 Å². The van der Waals surface area contributed by atoms with E-state index in [4.69, 9.17) is 0 Å². The Morgan fingerprint density at radius 1 is 0.793 bits per heavy atom. The Morgan fingerprint density at radius 2 is 1.48 bits per heavy atom. The molecule has 0 radical (unpaired) electrons. The van der Waals surface area contributed by atoms with E-state index in [1.165, 1.54) is 6.08 Å². The third kappa shape index (κ3) is 3.36. The standard InChI is InChI=1S/C23H19N3O3/c1-15-8-11-18(12-9-15)26-22(28)20(21(27)24-23(26)29)14-19-13-10-16(2)25(19)17-6-4-3-5-7-17/h3-14H,1-2H3,(H,24,27,29)/b20-14+. The molecule has 4 rings (SSSR count). The van der Waals surface area contributed by atoms with Crippen molar-refractivity contribution in [3.8, 4) is 5.69 Å². The number of nitrogens with zero attached hydrogens (tertiary/aromatic N) is 2. The molecule has 1 N–H and O–H groups in total. The third-order valence-electron chi connectivity index (χ3n) is 4.81. The van der Waals surface area contributed by atoms with Crippen molar-refractivity contribution in [2.24, 2.45) is 0 Å².